The molecule has 0 saturated heterocycles. The maximum absolute atomic E-state index is 10.7. The third-order valence-corrected chi connectivity index (χ3v) is 3.95. The van der Waals surface area contributed by atoms with Gasteiger partial charge in [-0.25, -0.2) is 0 Å². The SMILES string of the molecule is COc1ccc(CNCC(C)SC(C)C(=O)O)cc1. The van der Waals surface area contributed by atoms with Crippen LogP contribution in [0.4, 0.5) is 0 Å². The Morgan fingerprint density at radius 3 is 2.53 bits per heavy atom. The van der Waals surface area contributed by atoms with Crippen molar-refractivity contribution in [2.45, 2.75) is 30.9 Å². The molecule has 0 aliphatic rings. The van der Waals surface area contributed by atoms with E-state index in [-0.39, 0.29) is 10.5 Å². The molecule has 0 aromatic heterocycles. The maximum atomic E-state index is 10.7. The third kappa shape index (κ3) is 5.98. The summed E-state index contributed by atoms with van der Waals surface area (Å²) in [6, 6.07) is 7.90. The summed E-state index contributed by atoms with van der Waals surface area (Å²) in [6.07, 6.45) is 0. The van der Waals surface area contributed by atoms with Gasteiger partial charge in [0.2, 0.25) is 0 Å². The van der Waals surface area contributed by atoms with Gasteiger partial charge in [0.05, 0.1) is 12.4 Å². The van der Waals surface area contributed by atoms with Crippen LogP contribution in [0.5, 0.6) is 5.75 Å². The molecule has 4 nitrogen and oxygen atoms in total. The number of benzene rings is 1. The lowest BCUT2D eigenvalue weighted by Gasteiger charge is -2.15. The predicted molar refractivity (Wildman–Crippen MR) is 78.9 cm³/mol. The molecule has 0 amide bonds. The van der Waals surface area contributed by atoms with Crippen LogP contribution in [0, 0.1) is 0 Å². The van der Waals surface area contributed by atoms with E-state index in [1.165, 1.54) is 17.3 Å². The lowest BCUT2D eigenvalue weighted by atomic mass is 10.2. The summed E-state index contributed by atoms with van der Waals surface area (Å²) in [5, 5.41) is 12.1. The molecule has 0 radical (unpaired) electrons. The number of aliphatic carboxylic acids is 1. The van der Waals surface area contributed by atoms with E-state index in [9.17, 15) is 4.79 Å². The number of carboxylic acids is 1. The van der Waals surface area contributed by atoms with Crippen molar-refractivity contribution in [1.29, 1.82) is 0 Å². The number of carboxylic acid groups (broad SMARTS) is 1. The van der Waals surface area contributed by atoms with Crippen LogP contribution in [0.15, 0.2) is 24.3 Å². The van der Waals surface area contributed by atoms with Crippen molar-refractivity contribution in [2.24, 2.45) is 0 Å². The van der Waals surface area contributed by atoms with Crippen molar-refractivity contribution in [3.05, 3.63) is 29.8 Å². The minimum atomic E-state index is -0.757. The average Bonchev–Trinajstić information content (AvgIpc) is 2.39. The van der Waals surface area contributed by atoms with Gasteiger partial charge in [-0.1, -0.05) is 19.1 Å². The van der Waals surface area contributed by atoms with Gasteiger partial charge in [-0.15, -0.1) is 11.8 Å². The number of ether oxygens (including phenoxy) is 1. The lowest BCUT2D eigenvalue weighted by molar-refractivity contribution is -0.136. The Labute approximate surface area is 118 Å². The molecule has 2 unspecified atom stereocenters. The Morgan fingerprint density at radius 2 is 2.00 bits per heavy atom. The number of thioether (sulfide) groups is 1. The Hall–Kier alpha value is -1.20. The van der Waals surface area contributed by atoms with Crippen LogP contribution in [-0.4, -0.2) is 35.2 Å². The highest BCUT2D eigenvalue weighted by Gasteiger charge is 2.15. The maximum Gasteiger partial charge on any atom is 0.316 e. The number of methoxy groups -OCH3 is 1. The molecule has 19 heavy (non-hydrogen) atoms. The highest BCUT2D eigenvalue weighted by Crippen LogP contribution is 2.17. The van der Waals surface area contributed by atoms with Crippen molar-refractivity contribution < 1.29 is 14.6 Å². The summed E-state index contributed by atoms with van der Waals surface area (Å²) in [5.41, 5.74) is 1.18. The number of nitrogens with one attached hydrogen (secondary N) is 1. The van der Waals surface area contributed by atoms with E-state index in [2.05, 4.69) is 5.32 Å². The zero-order valence-electron chi connectivity index (χ0n) is 11.6. The molecular weight excluding hydrogens is 262 g/mol. The molecule has 0 saturated carbocycles. The number of hydrogen-bond donors (Lipinski definition) is 2. The highest BCUT2D eigenvalue weighted by molar-refractivity contribution is 8.01. The number of rotatable bonds is 8. The van der Waals surface area contributed by atoms with Crippen LogP contribution in [0.1, 0.15) is 19.4 Å². The van der Waals surface area contributed by atoms with E-state index in [0.29, 0.717) is 0 Å². The Bertz CT molecular complexity index is 394. The van der Waals surface area contributed by atoms with Gasteiger partial charge in [-0.2, -0.15) is 0 Å². The molecule has 1 aromatic carbocycles. The zero-order chi connectivity index (χ0) is 14.3. The minimum Gasteiger partial charge on any atom is -0.497 e. The van der Waals surface area contributed by atoms with Crippen LogP contribution in [0.25, 0.3) is 0 Å². The summed E-state index contributed by atoms with van der Waals surface area (Å²) in [5.74, 6) is 0.0926. The van der Waals surface area contributed by atoms with Crippen LogP contribution < -0.4 is 10.1 Å². The van der Waals surface area contributed by atoms with E-state index >= 15 is 0 Å². The van der Waals surface area contributed by atoms with Gasteiger partial charge >= 0.3 is 5.97 Å². The smallest absolute Gasteiger partial charge is 0.316 e. The highest BCUT2D eigenvalue weighted by atomic mass is 32.2. The molecule has 106 valence electrons. The molecule has 1 aromatic rings. The second-order valence-electron chi connectivity index (χ2n) is 4.41. The standard InChI is InChI=1S/C14H21NO3S/c1-10(19-11(2)14(16)17)8-15-9-12-4-6-13(18-3)7-5-12/h4-7,10-11,15H,8-9H2,1-3H3,(H,16,17). The first kappa shape index (κ1) is 15.9. The van der Waals surface area contributed by atoms with Gasteiger partial charge in [-0.05, 0) is 24.6 Å². The van der Waals surface area contributed by atoms with Crippen LogP contribution >= 0.6 is 11.8 Å². The predicted octanol–water partition coefficient (Wildman–Crippen LogP) is 2.38. The second kappa shape index (κ2) is 8.07. The first-order valence-corrected chi connectivity index (χ1v) is 7.19. The van der Waals surface area contributed by atoms with E-state index in [0.717, 1.165) is 18.8 Å². The van der Waals surface area contributed by atoms with Crippen LogP contribution in [0.3, 0.4) is 0 Å². The molecule has 0 fully saturated rings. The molecule has 0 aliphatic carbocycles. The minimum absolute atomic E-state index is 0.268. The molecule has 0 heterocycles. The Morgan fingerprint density at radius 1 is 1.37 bits per heavy atom. The molecule has 0 bridgehead atoms. The quantitative estimate of drug-likeness (QED) is 0.767. The summed E-state index contributed by atoms with van der Waals surface area (Å²) in [7, 11) is 1.65. The van der Waals surface area contributed by atoms with Gasteiger partial charge in [0.15, 0.2) is 0 Å². The largest absolute Gasteiger partial charge is 0.497 e. The third-order valence-electron chi connectivity index (χ3n) is 2.70. The second-order valence-corrected chi connectivity index (χ2v) is 6.19. The Kier molecular flexibility index (Phi) is 6.73. The summed E-state index contributed by atoms with van der Waals surface area (Å²) in [6.45, 7) is 5.31. The molecule has 0 aliphatic heterocycles. The zero-order valence-corrected chi connectivity index (χ0v) is 12.4. The summed E-state index contributed by atoms with van der Waals surface area (Å²) >= 11 is 1.47. The van der Waals surface area contributed by atoms with Crippen molar-refractivity contribution in [3.63, 3.8) is 0 Å². The Balaban J connectivity index is 2.27. The normalized spacial score (nSPS) is 13.8. The molecule has 2 atom stereocenters. The van der Waals surface area contributed by atoms with Crippen LogP contribution in [0.2, 0.25) is 0 Å². The molecule has 0 spiro atoms. The summed E-state index contributed by atoms with van der Waals surface area (Å²) < 4.78 is 5.10. The fraction of sp³-hybridized carbons (Fsp3) is 0.500. The van der Waals surface area contributed by atoms with E-state index < -0.39 is 5.97 Å². The van der Waals surface area contributed by atoms with E-state index in [4.69, 9.17) is 9.84 Å². The monoisotopic (exact) mass is 283 g/mol. The molecule has 1 rings (SSSR count). The van der Waals surface area contributed by atoms with E-state index in [1.807, 2.05) is 31.2 Å². The van der Waals surface area contributed by atoms with Crippen molar-refractivity contribution >= 4 is 17.7 Å². The van der Waals surface area contributed by atoms with E-state index in [1.54, 1.807) is 14.0 Å². The lowest BCUT2D eigenvalue weighted by Crippen LogP contribution is -2.25. The van der Waals surface area contributed by atoms with Gasteiger partial charge in [-0.3, -0.25) is 4.79 Å². The topological polar surface area (TPSA) is 58.6 Å². The van der Waals surface area contributed by atoms with Crippen molar-refractivity contribution in [1.82, 2.24) is 5.32 Å². The van der Waals surface area contributed by atoms with Crippen LogP contribution in [-0.2, 0) is 11.3 Å². The van der Waals surface area contributed by atoms with Gasteiger partial charge < -0.3 is 15.2 Å². The van der Waals surface area contributed by atoms with Gasteiger partial charge in [0.25, 0.3) is 0 Å². The molecule has 5 heteroatoms. The molecular formula is C14H21NO3S. The van der Waals surface area contributed by atoms with Crippen molar-refractivity contribution in [3.8, 4) is 5.75 Å². The van der Waals surface area contributed by atoms with Gasteiger partial charge in [0.1, 0.15) is 5.75 Å². The fourth-order valence-corrected chi connectivity index (χ4v) is 2.65. The van der Waals surface area contributed by atoms with Crippen molar-refractivity contribution in [2.75, 3.05) is 13.7 Å². The number of hydrogen-bond acceptors (Lipinski definition) is 4. The first-order valence-electron chi connectivity index (χ1n) is 6.25. The first-order chi connectivity index (χ1) is 9.02. The molecule has 2 N–H and O–H groups in total. The van der Waals surface area contributed by atoms with Gasteiger partial charge in [0, 0.05) is 18.3 Å². The average molecular weight is 283 g/mol. The fourth-order valence-electron chi connectivity index (χ4n) is 1.62. The summed E-state index contributed by atoms with van der Waals surface area (Å²) in [4.78, 5) is 10.7. The number of carbonyl (C=O) groups is 1.